The number of ether oxygens (including phenoxy) is 1. The van der Waals surface area contributed by atoms with Gasteiger partial charge in [-0.1, -0.05) is 12.1 Å². The summed E-state index contributed by atoms with van der Waals surface area (Å²) < 4.78 is 7.43. The number of amides is 1. The molecule has 2 heterocycles. The molecule has 5 heteroatoms. The Bertz CT molecular complexity index is 915. The van der Waals surface area contributed by atoms with E-state index >= 15 is 0 Å². The number of fused-ring (bicyclic) bond motifs is 1. The summed E-state index contributed by atoms with van der Waals surface area (Å²) >= 11 is 0. The number of carbonyl (C=O) groups is 1. The quantitative estimate of drug-likeness (QED) is 0.737. The number of methoxy groups -OCH3 is 1. The van der Waals surface area contributed by atoms with Gasteiger partial charge in [-0.2, -0.15) is 0 Å². The summed E-state index contributed by atoms with van der Waals surface area (Å²) in [6.45, 7) is 5.98. The molecule has 2 aromatic heterocycles. The number of imidazole rings is 1. The topological polar surface area (TPSA) is 55.6 Å². The second-order valence-corrected chi connectivity index (χ2v) is 6.87. The van der Waals surface area contributed by atoms with E-state index in [1.807, 2.05) is 63.5 Å². The van der Waals surface area contributed by atoms with Crippen LogP contribution < -0.4 is 10.1 Å². The molecule has 5 nitrogen and oxygen atoms in total. The van der Waals surface area contributed by atoms with E-state index in [2.05, 4.69) is 20.8 Å². The second-order valence-electron chi connectivity index (χ2n) is 6.87. The van der Waals surface area contributed by atoms with Gasteiger partial charge in [-0.05, 0) is 56.2 Å². The number of pyridine rings is 1. The van der Waals surface area contributed by atoms with Crippen molar-refractivity contribution >= 4 is 11.6 Å². The van der Waals surface area contributed by atoms with Crippen molar-refractivity contribution < 1.29 is 9.53 Å². The van der Waals surface area contributed by atoms with Crippen LogP contribution in [0.1, 0.15) is 43.0 Å². The van der Waals surface area contributed by atoms with E-state index in [1.165, 1.54) is 0 Å². The Morgan fingerprint density at radius 1 is 1.27 bits per heavy atom. The maximum absolute atomic E-state index is 12.5. The average molecular weight is 351 g/mol. The monoisotopic (exact) mass is 351 g/mol. The van der Waals surface area contributed by atoms with Gasteiger partial charge in [0.2, 0.25) is 5.91 Å². The van der Waals surface area contributed by atoms with Gasteiger partial charge in [-0.3, -0.25) is 4.79 Å². The summed E-state index contributed by atoms with van der Waals surface area (Å²) in [6.07, 6.45) is 4.23. The highest BCUT2D eigenvalue weighted by molar-refractivity contribution is 5.77. The molecule has 1 aromatic carbocycles. The van der Waals surface area contributed by atoms with E-state index in [0.717, 1.165) is 28.2 Å². The van der Waals surface area contributed by atoms with Gasteiger partial charge >= 0.3 is 0 Å². The molecule has 3 rings (SSSR count). The van der Waals surface area contributed by atoms with Gasteiger partial charge in [0, 0.05) is 30.8 Å². The van der Waals surface area contributed by atoms with Crippen molar-refractivity contribution in [2.75, 3.05) is 7.11 Å². The van der Waals surface area contributed by atoms with Crippen LogP contribution in [0.25, 0.3) is 5.65 Å². The van der Waals surface area contributed by atoms with E-state index in [0.29, 0.717) is 6.42 Å². The highest BCUT2D eigenvalue weighted by atomic mass is 16.5. The maximum Gasteiger partial charge on any atom is 0.221 e. The molecule has 0 aliphatic carbocycles. The van der Waals surface area contributed by atoms with Crippen LogP contribution in [0.2, 0.25) is 0 Å². The van der Waals surface area contributed by atoms with E-state index in [4.69, 9.17) is 4.74 Å². The minimum atomic E-state index is -0.110. The van der Waals surface area contributed by atoms with Crippen LogP contribution >= 0.6 is 0 Å². The van der Waals surface area contributed by atoms with Crippen molar-refractivity contribution in [3.05, 3.63) is 65.6 Å². The predicted molar refractivity (Wildman–Crippen MR) is 103 cm³/mol. The molecule has 136 valence electrons. The summed E-state index contributed by atoms with van der Waals surface area (Å²) in [7, 11) is 1.65. The SMILES string of the molecule is COc1cccc([C@H](CC(=O)NC(C)C)c2cnc3cc(C)ccn23)c1. The molecule has 0 bridgehead atoms. The van der Waals surface area contributed by atoms with Gasteiger partial charge in [0.05, 0.1) is 12.8 Å². The number of aromatic nitrogens is 2. The van der Waals surface area contributed by atoms with E-state index in [1.54, 1.807) is 7.11 Å². The first kappa shape index (κ1) is 18.0. The minimum Gasteiger partial charge on any atom is -0.497 e. The van der Waals surface area contributed by atoms with Crippen LogP contribution in [-0.2, 0) is 4.79 Å². The van der Waals surface area contributed by atoms with Crippen LogP contribution in [0.3, 0.4) is 0 Å². The predicted octanol–water partition coefficient (Wildman–Crippen LogP) is 3.70. The van der Waals surface area contributed by atoms with Crippen LogP contribution in [0.4, 0.5) is 0 Å². The second kappa shape index (κ2) is 7.60. The molecule has 0 aliphatic heterocycles. The molecule has 1 atom stereocenters. The molecule has 1 N–H and O–H groups in total. The fourth-order valence-corrected chi connectivity index (χ4v) is 3.18. The lowest BCUT2D eigenvalue weighted by Crippen LogP contribution is -2.31. The smallest absolute Gasteiger partial charge is 0.221 e. The molecule has 0 aliphatic rings. The largest absolute Gasteiger partial charge is 0.497 e. The van der Waals surface area contributed by atoms with E-state index < -0.39 is 0 Å². The zero-order chi connectivity index (χ0) is 18.7. The lowest BCUT2D eigenvalue weighted by molar-refractivity contribution is -0.121. The summed E-state index contributed by atoms with van der Waals surface area (Å²) in [5.74, 6) is 0.692. The van der Waals surface area contributed by atoms with Crippen molar-refractivity contribution in [1.82, 2.24) is 14.7 Å². The molecule has 0 unspecified atom stereocenters. The van der Waals surface area contributed by atoms with Gasteiger partial charge in [0.1, 0.15) is 11.4 Å². The molecular formula is C21H25N3O2. The Hall–Kier alpha value is -2.82. The third kappa shape index (κ3) is 3.87. The zero-order valence-electron chi connectivity index (χ0n) is 15.7. The van der Waals surface area contributed by atoms with Gasteiger partial charge < -0.3 is 14.5 Å². The zero-order valence-corrected chi connectivity index (χ0v) is 15.7. The van der Waals surface area contributed by atoms with Gasteiger partial charge in [-0.25, -0.2) is 4.98 Å². The first-order valence-electron chi connectivity index (χ1n) is 8.85. The standard InChI is InChI=1S/C21H25N3O2/c1-14(2)23-21(25)12-18(16-6-5-7-17(11-16)26-4)19-13-22-20-10-15(3)8-9-24(19)20/h5-11,13-14,18H,12H2,1-4H3,(H,23,25)/t18-/m0/s1. The molecule has 0 fully saturated rings. The van der Waals surface area contributed by atoms with Crippen molar-refractivity contribution in [3.8, 4) is 5.75 Å². The maximum atomic E-state index is 12.5. The Morgan fingerprint density at radius 2 is 2.08 bits per heavy atom. The third-order valence-electron chi connectivity index (χ3n) is 4.39. The minimum absolute atomic E-state index is 0.0230. The summed E-state index contributed by atoms with van der Waals surface area (Å²) in [4.78, 5) is 17.0. The fourth-order valence-electron chi connectivity index (χ4n) is 3.18. The van der Waals surface area contributed by atoms with Crippen LogP contribution in [-0.4, -0.2) is 28.4 Å². The highest BCUT2D eigenvalue weighted by Crippen LogP contribution is 2.31. The van der Waals surface area contributed by atoms with E-state index in [9.17, 15) is 4.79 Å². The molecule has 0 radical (unpaired) electrons. The molecule has 0 saturated carbocycles. The van der Waals surface area contributed by atoms with Gasteiger partial charge in [0.25, 0.3) is 0 Å². The Balaban J connectivity index is 2.05. The van der Waals surface area contributed by atoms with Gasteiger partial charge in [-0.15, -0.1) is 0 Å². The third-order valence-corrected chi connectivity index (χ3v) is 4.39. The van der Waals surface area contributed by atoms with Crippen molar-refractivity contribution in [3.63, 3.8) is 0 Å². The number of benzene rings is 1. The normalized spacial score (nSPS) is 12.3. The Morgan fingerprint density at radius 3 is 2.81 bits per heavy atom. The summed E-state index contributed by atoms with van der Waals surface area (Å²) in [6, 6.07) is 12.1. The number of hydrogen-bond donors (Lipinski definition) is 1. The average Bonchev–Trinajstić information content (AvgIpc) is 3.01. The summed E-state index contributed by atoms with van der Waals surface area (Å²) in [5, 5.41) is 2.99. The first-order valence-corrected chi connectivity index (χ1v) is 8.85. The lowest BCUT2D eigenvalue weighted by Gasteiger charge is -2.19. The number of rotatable bonds is 6. The van der Waals surface area contributed by atoms with Crippen LogP contribution in [0.5, 0.6) is 5.75 Å². The van der Waals surface area contributed by atoms with Crippen LogP contribution in [0, 0.1) is 6.92 Å². The molecule has 26 heavy (non-hydrogen) atoms. The van der Waals surface area contributed by atoms with Crippen molar-refractivity contribution in [2.45, 2.75) is 39.2 Å². The number of hydrogen-bond acceptors (Lipinski definition) is 3. The van der Waals surface area contributed by atoms with Crippen molar-refractivity contribution in [2.24, 2.45) is 0 Å². The number of carbonyl (C=O) groups excluding carboxylic acids is 1. The van der Waals surface area contributed by atoms with Crippen LogP contribution in [0.15, 0.2) is 48.8 Å². The number of aryl methyl sites for hydroxylation is 1. The Kier molecular flexibility index (Phi) is 5.26. The summed E-state index contributed by atoms with van der Waals surface area (Å²) in [5.41, 5.74) is 4.07. The number of nitrogens with one attached hydrogen (secondary N) is 1. The molecule has 3 aromatic rings. The lowest BCUT2D eigenvalue weighted by atomic mass is 9.92. The number of nitrogens with zero attached hydrogens (tertiary/aromatic N) is 2. The first-order chi connectivity index (χ1) is 12.5. The molecule has 1 amide bonds. The molecule has 0 saturated heterocycles. The fraction of sp³-hybridized carbons (Fsp3) is 0.333. The van der Waals surface area contributed by atoms with Gasteiger partial charge in [0.15, 0.2) is 0 Å². The van der Waals surface area contributed by atoms with Crippen molar-refractivity contribution in [1.29, 1.82) is 0 Å². The highest BCUT2D eigenvalue weighted by Gasteiger charge is 2.22. The molecule has 0 spiro atoms. The van der Waals surface area contributed by atoms with E-state index in [-0.39, 0.29) is 17.9 Å². The Labute approximate surface area is 154 Å². The molecular weight excluding hydrogens is 326 g/mol.